The predicted octanol–water partition coefficient (Wildman–Crippen LogP) is 3.10. The van der Waals surface area contributed by atoms with E-state index in [0.717, 1.165) is 41.0 Å². The number of carbonyl (C=O) groups is 4. The molecule has 3 N–H and O–H groups in total. The van der Waals surface area contributed by atoms with Crippen molar-refractivity contribution in [3.8, 4) is 11.1 Å². The van der Waals surface area contributed by atoms with E-state index in [9.17, 15) is 19.2 Å². The predicted molar refractivity (Wildman–Crippen MR) is 182 cm³/mol. The Hall–Kier alpha value is -5.86. The quantitative estimate of drug-likeness (QED) is 0.255. The standard InChI is InChI=1S/C34H37N11O4/c1-18-29-22(15-36-45(29)20-16-44(17-20)34(49)25-11-7-10-24(38-25)33(48)42(3)4)21-8-6-9-23(30(21)43(18)5)37-26-14-27(39-31(46)19-12-13-19)40-41-28(26)32(47)35-2/h6-11,14-15,18-20H,12-13,16-17H2,1-5H3,(H,35,47)(H2,37,39,40,46). The maximum atomic E-state index is 13.3. The molecule has 3 aromatic heterocycles. The van der Waals surface area contributed by atoms with Crippen LogP contribution in [0.15, 0.2) is 48.7 Å². The van der Waals surface area contributed by atoms with Crippen molar-refractivity contribution in [2.24, 2.45) is 5.92 Å². The molecule has 2 aliphatic heterocycles. The smallest absolute Gasteiger partial charge is 0.273 e. The van der Waals surface area contributed by atoms with Gasteiger partial charge in [-0.05, 0) is 38.0 Å². The van der Waals surface area contributed by atoms with Crippen molar-refractivity contribution >= 4 is 46.5 Å². The average molecular weight is 664 g/mol. The highest BCUT2D eigenvalue weighted by molar-refractivity contribution is 6.01. The molecule has 4 aromatic rings. The number of aromatic nitrogens is 5. The van der Waals surface area contributed by atoms with E-state index in [2.05, 4.69) is 43.0 Å². The van der Waals surface area contributed by atoms with Crippen molar-refractivity contribution < 1.29 is 19.2 Å². The summed E-state index contributed by atoms with van der Waals surface area (Å²) in [4.78, 5) is 60.5. The van der Waals surface area contributed by atoms with Crippen molar-refractivity contribution in [1.29, 1.82) is 0 Å². The molecule has 1 atom stereocenters. The second kappa shape index (κ2) is 12.3. The fraction of sp³-hybridized carbons (Fsp3) is 0.353. The van der Waals surface area contributed by atoms with E-state index in [0.29, 0.717) is 18.8 Å². The Morgan fingerprint density at radius 3 is 2.39 bits per heavy atom. The van der Waals surface area contributed by atoms with Crippen LogP contribution in [0.5, 0.6) is 0 Å². The number of benzene rings is 1. The fourth-order valence-electron chi connectivity index (χ4n) is 6.30. The Morgan fingerprint density at radius 2 is 1.67 bits per heavy atom. The number of fused-ring (bicyclic) bond motifs is 3. The van der Waals surface area contributed by atoms with E-state index in [1.807, 2.05) is 36.1 Å². The van der Waals surface area contributed by atoms with E-state index in [1.54, 1.807) is 43.3 Å². The molecule has 252 valence electrons. The number of pyridine rings is 1. The number of nitrogens with one attached hydrogen (secondary N) is 3. The Labute approximate surface area is 282 Å². The molecular formula is C34H37N11O4. The molecule has 0 radical (unpaired) electrons. The van der Waals surface area contributed by atoms with Gasteiger partial charge in [0.05, 0.1) is 41.0 Å². The van der Waals surface area contributed by atoms with E-state index < -0.39 is 5.91 Å². The van der Waals surface area contributed by atoms with Crippen LogP contribution in [-0.2, 0) is 4.79 Å². The zero-order valence-corrected chi connectivity index (χ0v) is 27.9. The Morgan fingerprint density at radius 1 is 0.939 bits per heavy atom. The van der Waals surface area contributed by atoms with Gasteiger partial charge in [-0.1, -0.05) is 18.2 Å². The number of carbonyl (C=O) groups excluding carboxylic acids is 4. The maximum Gasteiger partial charge on any atom is 0.273 e. The first kappa shape index (κ1) is 31.7. The van der Waals surface area contributed by atoms with Gasteiger partial charge in [-0.2, -0.15) is 5.10 Å². The van der Waals surface area contributed by atoms with E-state index >= 15 is 0 Å². The van der Waals surface area contributed by atoms with Gasteiger partial charge in [0, 0.05) is 64.4 Å². The minimum atomic E-state index is -0.413. The molecule has 0 bridgehead atoms. The van der Waals surface area contributed by atoms with Crippen LogP contribution in [0.3, 0.4) is 0 Å². The van der Waals surface area contributed by atoms with Crippen molar-refractivity contribution in [3.05, 3.63) is 71.4 Å². The molecule has 15 heteroatoms. The SMILES string of the molecule is CNC(=O)c1nnc(NC(=O)C2CC2)cc1Nc1cccc2c1N(C)C(C)c1c-2cnn1C1CN(C(=O)c2cccc(C(=O)N(C)C)n2)C1. The average Bonchev–Trinajstić information content (AvgIpc) is 3.85. The molecule has 3 aliphatic rings. The van der Waals surface area contributed by atoms with Crippen molar-refractivity contribution in [1.82, 2.24) is 40.1 Å². The second-order valence-corrected chi connectivity index (χ2v) is 12.8. The van der Waals surface area contributed by atoms with Gasteiger partial charge in [-0.25, -0.2) is 4.98 Å². The van der Waals surface area contributed by atoms with Crippen LogP contribution in [0.1, 0.15) is 69.0 Å². The lowest BCUT2D eigenvalue weighted by atomic mass is 9.93. The van der Waals surface area contributed by atoms with Gasteiger partial charge < -0.3 is 30.7 Å². The topological polar surface area (TPSA) is 171 Å². The molecule has 1 saturated carbocycles. The zero-order valence-electron chi connectivity index (χ0n) is 27.9. The van der Waals surface area contributed by atoms with Crippen LogP contribution in [-0.4, -0.2) is 99.7 Å². The highest BCUT2D eigenvalue weighted by atomic mass is 16.2. The Balaban J connectivity index is 1.14. The molecule has 1 unspecified atom stereocenters. The molecule has 5 heterocycles. The summed E-state index contributed by atoms with van der Waals surface area (Å²) in [5.74, 6) is -0.758. The number of amides is 4. The van der Waals surface area contributed by atoms with Gasteiger partial charge >= 0.3 is 0 Å². The highest BCUT2D eigenvalue weighted by Crippen LogP contribution is 2.49. The minimum Gasteiger partial charge on any atom is -0.364 e. The van der Waals surface area contributed by atoms with Crippen LogP contribution >= 0.6 is 0 Å². The first-order chi connectivity index (χ1) is 23.5. The van der Waals surface area contributed by atoms with Gasteiger partial charge in [-0.3, -0.25) is 23.9 Å². The molecule has 1 aliphatic carbocycles. The summed E-state index contributed by atoms with van der Waals surface area (Å²) >= 11 is 0. The van der Waals surface area contributed by atoms with Crippen LogP contribution in [0, 0.1) is 5.92 Å². The highest BCUT2D eigenvalue weighted by Gasteiger charge is 2.39. The summed E-state index contributed by atoms with van der Waals surface area (Å²) in [5.41, 5.74) is 5.57. The zero-order chi connectivity index (χ0) is 34.6. The monoisotopic (exact) mass is 663 g/mol. The van der Waals surface area contributed by atoms with E-state index in [-0.39, 0.29) is 58.6 Å². The van der Waals surface area contributed by atoms with Gasteiger partial charge in [0.25, 0.3) is 17.7 Å². The molecule has 1 saturated heterocycles. The number of hydrogen-bond donors (Lipinski definition) is 3. The molecule has 7 rings (SSSR count). The summed E-state index contributed by atoms with van der Waals surface area (Å²) in [7, 11) is 6.82. The third kappa shape index (κ3) is 5.70. The van der Waals surface area contributed by atoms with Crippen LogP contribution in [0.4, 0.5) is 22.9 Å². The maximum absolute atomic E-state index is 13.3. The third-order valence-electron chi connectivity index (χ3n) is 9.28. The van der Waals surface area contributed by atoms with Gasteiger partial charge in [-0.15, -0.1) is 10.2 Å². The number of hydrogen-bond acceptors (Lipinski definition) is 10. The first-order valence-electron chi connectivity index (χ1n) is 16.1. The summed E-state index contributed by atoms with van der Waals surface area (Å²) in [6.07, 6.45) is 3.56. The van der Waals surface area contributed by atoms with Crippen molar-refractivity contribution in [3.63, 3.8) is 0 Å². The summed E-state index contributed by atoms with van der Waals surface area (Å²) in [5, 5.41) is 21.8. The molecule has 15 nitrogen and oxygen atoms in total. The normalized spacial score (nSPS) is 16.6. The third-order valence-corrected chi connectivity index (χ3v) is 9.28. The van der Waals surface area contributed by atoms with Crippen molar-refractivity contribution in [2.75, 3.05) is 56.8 Å². The van der Waals surface area contributed by atoms with Crippen LogP contribution in [0.2, 0.25) is 0 Å². The molecular weight excluding hydrogens is 626 g/mol. The van der Waals surface area contributed by atoms with Gasteiger partial charge in [0.1, 0.15) is 11.4 Å². The lowest BCUT2D eigenvalue weighted by molar-refractivity contribution is -0.117. The second-order valence-electron chi connectivity index (χ2n) is 12.8. The van der Waals surface area contributed by atoms with Gasteiger partial charge in [0.15, 0.2) is 11.5 Å². The first-order valence-corrected chi connectivity index (χ1v) is 16.1. The summed E-state index contributed by atoms with van der Waals surface area (Å²) in [6, 6.07) is 12.3. The summed E-state index contributed by atoms with van der Waals surface area (Å²) < 4.78 is 2.01. The van der Waals surface area contributed by atoms with Crippen LogP contribution < -0.4 is 20.9 Å². The number of nitrogens with zero attached hydrogens (tertiary/aromatic N) is 8. The number of anilines is 4. The van der Waals surface area contributed by atoms with E-state index in [1.165, 1.54) is 11.9 Å². The number of para-hydroxylation sites is 1. The van der Waals surface area contributed by atoms with Gasteiger partial charge in [0.2, 0.25) is 5.91 Å². The Bertz CT molecular complexity index is 2000. The minimum absolute atomic E-state index is 0.0131. The molecule has 4 amide bonds. The summed E-state index contributed by atoms with van der Waals surface area (Å²) in [6.45, 7) is 3.02. The number of likely N-dealkylation sites (tertiary alicyclic amines) is 1. The van der Waals surface area contributed by atoms with Crippen molar-refractivity contribution in [2.45, 2.75) is 31.8 Å². The molecule has 1 aromatic carbocycles. The molecule has 49 heavy (non-hydrogen) atoms. The lowest BCUT2D eigenvalue weighted by Gasteiger charge is -2.42. The fourth-order valence-corrected chi connectivity index (χ4v) is 6.30. The lowest BCUT2D eigenvalue weighted by Crippen LogP contribution is -2.52. The Kier molecular flexibility index (Phi) is 7.97. The van der Waals surface area contributed by atoms with E-state index in [4.69, 9.17) is 5.10 Å². The largest absolute Gasteiger partial charge is 0.364 e. The number of rotatable bonds is 8. The molecule has 0 spiro atoms. The molecule has 2 fully saturated rings. The van der Waals surface area contributed by atoms with Crippen LogP contribution in [0.25, 0.3) is 11.1 Å².